The molecule has 1 N–H and O–H groups in total. The van der Waals surface area contributed by atoms with Gasteiger partial charge in [-0.1, -0.05) is 23.7 Å². The maximum Gasteiger partial charge on any atom is 0.417 e. The number of benzene rings is 1. The Labute approximate surface area is 174 Å². The van der Waals surface area contributed by atoms with Crippen LogP contribution in [0, 0.1) is 10.1 Å². The highest BCUT2D eigenvalue weighted by atomic mass is 35.5. The number of anilines is 1. The Balaban J connectivity index is 1.77. The number of aromatic nitrogens is 2. The Bertz CT molecular complexity index is 1190. The van der Waals surface area contributed by atoms with E-state index in [1.165, 1.54) is 18.2 Å². The van der Waals surface area contributed by atoms with Crippen LogP contribution in [0.1, 0.15) is 5.56 Å². The van der Waals surface area contributed by atoms with Crippen LogP contribution in [0.3, 0.4) is 0 Å². The summed E-state index contributed by atoms with van der Waals surface area (Å²) in [6.07, 6.45) is -4.23. The van der Waals surface area contributed by atoms with Crippen molar-refractivity contribution in [3.63, 3.8) is 0 Å². The monoisotopic (exact) mass is 458 g/mol. The number of amides is 1. The number of non-ortho nitro benzene ring substituents is 1. The van der Waals surface area contributed by atoms with Crippen molar-refractivity contribution in [2.24, 2.45) is 0 Å². The van der Waals surface area contributed by atoms with Gasteiger partial charge in [0.2, 0.25) is 5.91 Å². The number of hydrogen-bond acceptors (Lipinski definition) is 6. The van der Waals surface area contributed by atoms with E-state index < -0.39 is 39.7 Å². The quantitative estimate of drug-likeness (QED) is 0.455. The van der Waals surface area contributed by atoms with Crippen molar-refractivity contribution in [1.82, 2.24) is 9.55 Å². The van der Waals surface area contributed by atoms with Gasteiger partial charge in [0.25, 0.3) is 11.2 Å². The minimum Gasteiger partial charge on any atom is -0.304 e. The molecule has 0 unspecified atom stereocenters. The van der Waals surface area contributed by atoms with Crippen LogP contribution in [0.2, 0.25) is 5.02 Å². The summed E-state index contributed by atoms with van der Waals surface area (Å²) in [6, 6.07) is 6.19. The molecule has 0 saturated carbocycles. The standard InChI is InChI=1S/C17H10ClF3N4O4S/c18-12-5-10(17(19,20)21)6-24(15(12)27)7-14(26)23-16-22-13(8-30-16)9-2-1-3-11(4-9)25(28)29/h1-6,8H,7H2,(H,22,23,26). The maximum absolute atomic E-state index is 12.9. The third kappa shape index (κ3) is 4.83. The van der Waals surface area contributed by atoms with Gasteiger partial charge in [0, 0.05) is 29.3 Å². The number of hydrogen-bond donors (Lipinski definition) is 1. The molecular weight excluding hydrogens is 449 g/mol. The molecule has 0 aliphatic rings. The number of halogens is 4. The molecule has 0 aliphatic heterocycles. The van der Waals surface area contributed by atoms with Crippen molar-refractivity contribution < 1.29 is 22.9 Å². The van der Waals surface area contributed by atoms with Crippen LogP contribution in [0.15, 0.2) is 46.7 Å². The van der Waals surface area contributed by atoms with Gasteiger partial charge in [0.15, 0.2) is 5.13 Å². The second-order valence-electron chi connectivity index (χ2n) is 5.90. The average Bonchev–Trinajstić information content (AvgIpc) is 3.13. The summed E-state index contributed by atoms with van der Waals surface area (Å²) in [5, 5.41) is 14.2. The minimum atomic E-state index is -4.74. The fourth-order valence-electron chi connectivity index (χ4n) is 2.43. The van der Waals surface area contributed by atoms with Crippen LogP contribution >= 0.6 is 22.9 Å². The van der Waals surface area contributed by atoms with E-state index in [1.807, 2.05) is 0 Å². The van der Waals surface area contributed by atoms with E-state index in [0.29, 0.717) is 28.1 Å². The van der Waals surface area contributed by atoms with E-state index in [1.54, 1.807) is 11.4 Å². The number of alkyl halides is 3. The zero-order valence-electron chi connectivity index (χ0n) is 14.6. The van der Waals surface area contributed by atoms with Crippen LogP contribution < -0.4 is 10.9 Å². The van der Waals surface area contributed by atoms with Crippen LogP contribution in [-0.2, 0) is 17.5 Å². The first kappa shape index (κ1) is 21.5. The number of carbonyl (C=O) groups is 1. The molecule has 0 atom stereocenters. The van der Waals surface area contributed by atoms with Gasteiger partial charge in [-0.15, -0.1) is 11.3 Å². The predicted molar refractivity (Wildman–Crippen MR) is 104 cm³/mol. The van der Waals surface area contributed by atoms with E-state index in [-0.39, 0.29) is 10.8 Å². The van der Waals surface area contributed by atoms with Gasteiger partial charge in [-0.05, 0) is 6.07 Å². The molecule has 0 radical (unpaired) electrons. The average molecular weight is 459 g/mol. The third-order valence-corrected chi connectivity index (χ3v) is 4.82. The number of nitrogens with one attached hydrogen (secondary N) is 1. The largest absolute Gasteiger partial charge is 0.417 e. The number of thiazole rings is 1. The van der Waals surface area contributed by atoms with E-state index in [9.17, 15) is 32.9 Å². The molecule has 13 heteroatoms. The number of pyridine rings is 1. The summed E-state index contributed by atoms with van der Waals surface area (Å²) in [7, 11) is 0. The summed E-state index contributed by atoms with van der Waals surface area (Å²) in [5.41, 5.74) is -1.44. The third-order valence-electron chi connectivity index (χ3n) is 3.79. The zero-order chi connectivity index (χ0) is 22.1. The molecule has 1 aromatic carbocycles. The number of nitro groups is 1. The van der Waals surface area contributed by atoms with E-state index >= 15 is 0 Å². The molecule has 156 valence electrons. The second-order valence-corrected chi connectivity index (χ2v) is 7.17. The Hall–Kier alpha value is -3.25. The lowest BCUT2D eigenvalue weighted by atomic mass is 10.1. The molecule has 30 heavy (non-hydrogen) atoms. The first-order valence-corrected chi connectivity index (χ1v) is 9.28. The second kappa shape index (κ2) is 8.24. The molecule has 3 aromatic rings. The van der Waals surface area contributed by atoms with Gasteiger partial charge in [0.05, 0.1) is 16.2 Å². The molecule has 2 heterocycles. The molecule has 2 aromatic heterocycles. The van der Waals surface area contributed by atoms with E-state index in [0.717, 1.165) is 11.3 Å². The van der Waals surface area contributed by atoms with Crippen molar-refractivity contribution in [2.45, 2.75) is 12.7 Å². The topological polar surface area (TPSA) is 107 Å². The van der Waals surface area contributed by atoms with Crippen molar-refractivity contribution in [3.05, 3.63) is 73.0 Å². The lowest BCUT2D eigenvalue weighted by Gasteiger charge is -2.11. The van der Waals surface area contributed by atoms with E-state index in [2.05, 4.69) is 10.3 Å². The van der Waals surface area contributed by atoms with Crippen molar-refractivity contribution in [1.29, 1.82) is 0 Å². The maximum atomic E-state index is 12.9. The van der Waals surface area contributed by atoms with Crippen molar-refractivity contribution in [3.8, 4) is 11.3 Å². The van der Waals surface area contributed by atoms with Gasteiger partial charge >= 0.3 is 6.18 Å². The molecule has 0 spiro atoms. The molecule has 0 bridgehead atoms. The summed E-state index contributed by atoms with van der Waals surface area (Å²) in [6.45, 7) is -0.714. The summed E-state index contributed by atoms with van der Waals surface area (Å²) in [5.74, 6) is -0.799. The first-order valence-electron chi connectivity index (χ1n) is 8.02. The van der Waals surface area contributed by atoms with Crippen molar-refractivity contribution >= 4 is 39.7 Å². The van der Waals surface area contributed by atoms with Gasteiger partial charge in [-0.3, -0.25) is 19.7 Å². The lowest BCUT2D eigenvalue weighted by Crippen LogP contribution is -2.29. The number of nitro benzene ring substituents is 1. The molecular formula is C17H10ClF3N4O4S. The normalized spacial score (nSPS) is 11.3. The van der Waals surface area contributed by atoms with Gasteiger partial charge in [0.1, 0.15) is 11.6 Å². The predicted octanol–water partition coefficient (Wildman–Crippen LogP) is 4.19. The van der Waals surface area contributed by atoms with Crippen LogP contribution in [0.4, 0.5) is 24.0 Å². The Morgan fingerprint density at radius 1 is 1.33 bits per heavy atom. The van der Waals surface area contributed by atoms with Gasteiger partial charge < -0.3 is 9.88 Å². The summed E-state index contributed by atoms with van der Waals surface area (Å²) in [4.78, 5) is 38.5. The Morgan fingerprint density at radius 2 is 2.07 bits per heavy atom. The fourth-order valence-corrected chi connectivity index (χ4v) is 3.39. The highest BCUT2D eigenvalue weighted by Gasteiger charge is 2.32. The molecule has 0 fully saturated rings. The fraction of sp³-hybridized carbons (Fsp3) is 0.118. The van der Waals surface area contributed by atoms with Gasteiger partial charge in [-0.2, -0.15) is 13.2 Å². The van der Waals surface area contributed by atoms with Gasteiger partial charge in [-0.25, -0.2) is 4.98 Å². The zero-order valence-corrected chi connectivity index (χ0v) is 16.2. The summed E-state index contributed by atoms with van der Waals surface area (Å²) >= 11 is 6.56. The Kier molecular flexibility index (Phi) is 5.89. The highest BCUT2D eigenvalue weighted by Crippen LogP contribution is 2.30. The SMILES string of the molecule is O=C(Cn1cc(C(F)(F)F)cc(Cl)c1=O)Nc1nc(-c2cccc([N+](=O)[O-])c2)cs1. The molecule has 1 amide bonds. The number of carbonyl (C=O) groups excluding carboxylic acids is 1. The highest BCUT2D eigenvalue weighted by molar-refractivity contribution is 7.14. The van der Waals surface area contributed by atoms with Crippen LogP contribution in [-0.4, -0.2) is 20.4 Å². The lowest BCUT2D eigenvalue weighted by molar-refractivity contribution is -0.384. The first-order chi connectivity index (χ1) is 14.0. The molecule has 8 nitrogen and oxygen atoms in total. The van der Waals surface area contributed by atoms with Crippen LogP contribution in [0.25, 0.3) is 11.3 Å². The van der Waals surface area contributed by atoms with Crippen molar-refractivity contribution in [2.75, 3.05) is 5.32 Å². The summed E-state index contributed by atoms with van der Waals surface area (Å²) < 4.78 is 39.2. The molecule has 0 saturated heterocycles. The minimum absolute atomic E-state index is 0.104. The number of nitrogens with zero attached hydrogens (tertiary/aromatic N) is 3. The smallest absolute Gasteiger partial charge is 0.304 e. The van der Waals surface area contributed by atoms with E-state index in [4.69, 9.17) is 11.6 Å². The number of rotatable bonds is 5. The molecule has 0 aliphatic carbocycles. The Morgan fingerprint density at radius 3 is 2.73 bits per heavy atom. The molecule has 3 rings (SSSR count). The van der Waals surface area contributed by atoms with Crippen LogP contribution in [0.5, 0.6) is 0 Å².